The smallest absolute Gasteiger partial charge is 0.241 e. The van der Waals surface area contributed by atoms with Crippen molar-refractivity contribution in [3.63, 3.8) is 0 Å². The predicted octanol–water partition coefficient (Wildman–Crippen LogP) is 2.22. The van der Waals surface area contributed by atoms with E-state index in [1.807, 2.05) is 13.8 Å². The third kappa shape index (κ3) is 5.40. The molecule has 1 rings (SSSR count). The molecule has 1 unspecified atom stereocenters. The zero-order valence-electron chi connectivity index (χ0n) is 12.5. The highest BCUT2D eigenvalue weighted by atomic mass is 16.2. The Balaban J connectivity index is 2.56. The van der Waals surface area contributed by atoms with E-state index in [1.165, 1.54) is 0 Å². The maximum atomic E-state index is 11.7. The van der Waals surface area contributed by atoms with Crippen LogP contribution in [0.15, 0.2) is 24.3 Å². The lowest BCUT2D eigenvalue weighted by molar-refractivity contribution is -0.118. The molecule has 0 aromatic heterocycles. The van der Waals surface area contributed by atoms with Crippen molar-refractivity contribution in [2.24, 2.45) is 5.92 Å². The molecule has 0 aliphatic heterocycles. The summed E-state index contributed by atoms with van der Waals surface area (Å²) in [6.45, 7) is 5.79. The first-order valence-electron chi connectivity index (χ1n) is 6.80. The topological polar surface area (TPSA) is 70.2 Å². The molecule has 1 aromatic carbocycles. The van der Waals surface area contributed by atoms with Crippen molar-refractivity contribution in [3.8, 4) is 0 Å². The molecule has 0 saturated carbocycles. The second-order valence-corrected chi connectivity index (χ2v) is 5.22. The van der Waals surface area contributed by atoms with Crippen molar-refractivity contribution in [1.29, 1.82) is 0 Å². The number of nitrogens with one attached hydrogen (secondary N) is 3. The van der Waals surface area contributed by atoms with Crippen LogP contribution in [0, 0.1) is 5.92 Å². The lowest BCUT2D eigenvalue weighted by Gasteiger charge is -2.12. The molecule has 5 nitrogen and oxygen atoms in total. The summed E-state index contributed by atoms with van der Waals surface area (Å²) >= 11 is 0. The fourth-order valence-corrected chi connectivity index (χ4v) is 1.60. The van der Waals surface area contributed by atoms with Gasteiger partial charge in [0.05, 0.1) is 6.04 Å². The fourth-order valence-electron chi connectivity index (χ4n) is 1.60. The van der Waals surface area contributed by atoms with Crippen LogP contribution in [0.5, 0.6) is 0 Å². The molecular formula is C15H23N3O2. The summed E-state index contributed by atoms with van der Waals surface area (Å²) in [5.41, 5.74) is 1.44. The second kappa shape index (κ2) is 7.65. The molecule has 2 amide bonds. The maximum absolute atomic E-state index is 11.7. The van der Waals surface area contributed by atoms with Crippen LogP contribution >= 0.6 is 0 Å². The van der Waals surface area contributed by atoms with Crippen LogP contribution in [0.25, 0.3) is 0 Å². The molecule has 0 bridgehead atoms. The highest BCUT2D eigenvalue weighted by Crippen LogP contribution is 2.14. The summed E-state index contributed by atoms with van der Waals surface area (Å²) in [5.74, 6) is 0.237. The van der Waals surface area contributed by atoms with Crippen LogP contribution in [0.3, 0.4) is 0 Å². The lowest BCUT2D eigenvalue weighted by atomic mass is 10.1. The van der Waals surface area contributed by atoms with E-state index in [9.17, 15) is 9.59 Å². The highest BCUT2D eigenvalue weighted by molar-refractivity contribution is 5.95. The number of amides is 2. The molecular weight excluding hydrogens is 254 g/mol. The summed E-state index contributed by atoms with van der Waals surface area (Å²) in [7, 11) is 1.73. The van der Waals surface area contributed by atoms with Gasteiger partial charge in [0.2, 0.25) is 11.8 Å². The molecule has 0 fully saturated rings. The van der Waals surface area contributed by atoms with Crippen molar-refractivity contribution in [3.05, 3.63) is 24.3 Å². The number of anilines is 2. The van der Waals surface area contributed by atoms with Crippen molar-refractivity contribution < 1.29 is 9.59 Å². The average Bonchev–Trinajstić information content (AvgIpc) is 2.39. The largest absolute Gasteiger partial charge is 0.326 e. The van der Waals surface area contributed by atoms with Crippen molar-refractivity contribution in [1.82, 2.24) is 5.32 Å². The fraction of sp³-hybridized carbons (Fsp3) is 0.467. The minimum atomic E-state index is -0.250. The Morgan fingerprint density at radius 3 is 1.95 bits per heavy atom. The first kappa shape index (κ1) is 16.2. The average molecular weight is 277 g/mol. The summed E-state index contributed by atoms with van der Waals surface area (Å²) in [6.07, 6.45) is 0.498. The van der Waals surface area contributed by atoms with Crippen molar-refractivity contribution >= 4 is 23.2 Å². The van der Waals surface area contributed by atoms with Crippen molar-refractivity contribution in [2.45, 2.75) is 33.2 Å². The molecule has 20 heavy (non-hydrogen) atoms. The molecule has 1 aromatic rings. The van der Waals surface area contributed by atoms with E-state index in [0.717, 1.165) is 5.69 Å². The number of carbonyl (C=O) groups is 2. The van der Waals surface area contributed by atoms with E-state index >= 15 is 0 Å². The Morgan fingerprint density at radius 2 is 1.50 bits per heavy atom. The number of hydrogen-bond donors (Lipinski definition) is 3. The van der Waals surface area contributed by atoms with Gasteiger partial charge in [-0.3, -0.25) is 9.59 Å². The van der Waals surface area contributed by atoms with Gasteiger partial charge in [0.1, 0.15) is 0 Å². The molecule has 0 aliphatic carbocycles. The highest BCUT2D eigenvalue weighted by Gasteiger charge is 2.10. The normalized spacial score (nSPS) is 12.1. The van der Waals surface area contributed by atoms with Crippen molar-refractivity contribution in [2.75, 3.05) is 17.7 Å². The molecule has 110 valence electrons. The number of benzene rings is 1. The molecule has 3 N–H and O–H groups in total. The third-order valence-electron chi connectivity index (χ3n) is 2.86. The van der Waals surface area contributed by atoms with Gasteiger partial charge in [0.25, 0.3) is 0 Å². The first-order valence-corrected chi connectivity index (χ1v) is 6.80. The van der Waals surface area contributed by atoms with Gasteiger partial charge in [0, 0.05) is 17.8 Å². The molecule has 0 heterocycles. The summed E-state index contributed by atoms with van der Waals surface area (Å²) in [6, 6.07) is 6.84. The van der Waals surface area contributed by atoms with Gasteiger partial charge in [-0.25, -0.2) is 0 Å². The second-order valence-electron chi connectivity index (χ2n) is 5.22. The Kier molecular flexibility index (Phi) is 6.18. The minimum absolute atomic E-state index is 0.000547. The summed E-state index contributed by atoms with van der Waals surface area (Å²) in [4.78, 5) is 23.3. The molecule has 1 atom stereocenters. The maximum Gasteiger partial charge on any atom is 0.241 e. The Labute approximate surface area is 120 Å². The van der Waals surface area contributed by atoms with Gasteiger partial charge in [-0.1, -0.05) is 13.8 Å². The van der Waals surface area contributed by atoms with Gasteiger partial charge in [0.15, 0.2) is 0 Å². The SMILES string of the molecule is CNC(C)C(=O)Nc1ccc(NC(=O)CC(C)C)cc1. The third-order valence-corrected chi connectivity index (χ3v) is 2.86. The molecule has 0 radical (unpaired) electrons. The Bertz CT molecular complexity index is 455. The van der Waals surface area contributed by atoms with Crippen LogP contribution in [0.1, 0.15) is 27.2 Å². The van der Waals surface area contributed by atoms with Gasteiger partial charge in [-0.15, -0.1) is 0 Å². The van der Waals surface area contributed by atoms with E-state index in [0.29, 0.717) is 18.0 Å². The van der Waals surface area contributed by atoms with Crippen LogP contribution in [0.2, 0.25) is 0 Å². The minimum Gasteiger partial charge on any atom is -0.326 e. The van der Waals surface area contributed by atoms with E-state index in [2.05, 4.69) is 16.0 Å². The molecule has 0 saturated heterocycles. The Morgan fingerprint density at radius 1 is 1.00 bits per heavy atom. The summed E-state index contributed by atoms with van der Waals surface area (Å²) < 4.78 is 0. The zero-order valence-corrected chi connectivity index (χ0v) is 12.5. The van der Waals surface area contributed by atoms with E-state index in [4.69, 9.17) is 0 Å². The monoisotopic (exact) mass is 277 g/mol. The summed E-state index contributed by atoms with van der Waals surface area (Å²) in [5, 5.41) is 8.49. The Hall–Kier alpha value is -1.88. The van der Waals surface area contributed by atoms with Crippen LogP contribution in [0.4, 0.5) is 11.4 Å². The predicted molar refractivity (Wildman–Crippen MR) is 81.7 cm³/mol. The van der Waals surface area contributed by atoms with Crippen LogP contribution in [-0.4, -0.2) is 24.9 Å². The first-order chi connectivity index (χ1) is 9.42. The van der Waals surface area contributed by atoms with Gasteiger partial charge >= 0.3 is 0 Å². The standard InChI is InChI=1S/C15H23N3O2/c1-10(2)9-14(19)17-12-5-7-13(8-6-12)18-15(20)11(3)16-4/h5-8,10-11,16H,9H2,1-4H3,(H,17,19)(H,18,20). The van der Waals surface area contributed by atoms with Crippen LogP contribution in [-0.2, 0) is 9.59 Å². The number of carbonyl (C=O) groups excluding carboxylic acids is 2. The van der Waals surface area contributed by atoms with E-state index in [1.54, 1.807) is 38.2 Å². The van der Waals surface area contributed by atoms with Crippen LogP contribution < -0.4 is 16.0 Å². The van der Waals surface area contributed by atoms with Gasteiger partial charge in [-0.05, 0) is 44.2 Å². The van der Waals surface area contributed by atoms with E-state index in [-0.39, 0.29) is 17.9 Å². The quantitative estimate of drug-likeness (QED) is 0.746. The van der Waals surface area contributed by atoms with Gasteiger partial charge < -0.3 is 16.0 Å². The zero-order chi connectivity index (χ0) is 15.1. The number of hydrogen-bond acceptors (Lipinski definition) is 3. The van der Waals surface area contributed by atoms with Gasteiger partial charge in [-0.2, -0.15) is 0 Å². The number of rotatable bonds is 6. The molecule has 0 spiro atoms. The molecule has 0 aliphatic rings. The molecule has 5 heteroatoms. The number of likely N-dealkylation sites (N-methyl/N-ethyl adjacent to an activating group) is 1. The lowest BCUT2D eigenvalue weighted by Crippen LogP contribution is -2.35. The van der Waals surface area contributed by atoms with E-state index < -0.39 is 0 Å².